The quantitative estimate of drug-likeness (QED) is 0.423. The van der Waals surface area contributed by atoms with Crippen molar-refractivity contribution in [2.75, 3.05) is 0 Å². The molecule has 4 rings (SSSR count). The van der Waals surface area contributed by atoms with Crippen LogP contribution in [0.15, 0.2) is 45.6 Å². The highest BCUT2D eigenvalue weighted by molar-refractivity contribution is 5.94. The van der Waals surface area contributed by atoms with Gasteiger partial charge in [0, 0.05) is 30.7 Å². The van der Waals surface area contributed by atoms with E-state index in [1.807, 2.05) is 0 Å². The molecule has 4 aromatic rings. The molecule has 0 atom stereocenters. The number of fused-ring (bicyclic) bond motifs is 2. The van der Waals surface area contributed by atoms with Crippen LogP contribution >= 0.6 is 0 Å². The summed E-state index contributed by atoms with van der Waals surface area (Å²) in [5.74, 6) is -1.27. The number of rotatable bonds is 5. The molecule has 4 aromatic heterocycles. The van der Waals surface area contributed by atoms with Crippen molar-refractivity contribution < 1.29 is 27.9 Å². The maximum absolute atomic E-state index is 12.2. The van der Waals surface area contributed by atoms with Gasteiger partial charge in [-0.15, -0.1) is 0 Å². The summed E-state index contributed by atoms with van der Waals surface area (Å²) in [5.41, 5.74) is 2.91. The molecule has 8 nitrogen and oxygen atoms in total. The van der Waals surface area contributed by atoms with Crippen molar-refractivity contribution in [1.82, 2.24) is 9.97 Å². The average Bonchev–Trinajstić information content (AvgIpc) is 3.31. The van der Waals surface area contributed by atoms with Crippen molar-refractivity contribution in [3.8, 4) is 0 Å². The zero-order valence-corrected chi connectivity index (χ0v) is 13.2. The van der Waals surface area contributed by atoms with Crippen molar-refractivity contribution in [2.45, 2.75) is 19.6 Å². The van der Waals surface area contributed by atoms with E-state index in [0.29, 0.717) is 28.6 Å². The zero-order valence-electron chi connectivity index (χ0n) is 13.2. The molecule has 0 unspecified atom stereocenters. The van der Waals surface area contributed by atoms with E-state index < -0.39 is 18.2 Å². The minimum atomic E-state index is -1.01. The molecule has 0 aliphatic heterocycles. The lowest BCUT2D eigenvalue weighted by Crippen LogP contribution is -2.24. The lowest BCUT2D eigenvalue weighted by Gasteiger charge is -2.15. The summed E-state index contributed by atoms with van der Waals surface area (Å²) in [5, 5.41) is 0. The van der Waals surface area contributed by atoms with Crippen molar-refractivity contribution in [3.63, 3.8) is 0 Å². The normalized spacial score (nSPS) is 11.4. The first kappa shape index (κ1) is 15.1. The summed E-state index contributed by atoms with van der Waals surface area (Å²) >= 11 is 0. The number of carbonyl (C=O) groups excluding carboxylic acids is 2. The summed E-state index contributed by atoms with van der Waals surface area (Å²) < 4.78 is 20.9. The molecule has 25 heavy (non-hydrogen) atoms. The van der Waals surface area contributed by atoms with Crippen molar-refractivity contribution in [2.24, 2.45) is 0 Å². The van der Waals surface area contributed by atoms with Crippen molar-refractivity contribution >= 4 is 34.1 Å². The van der Waals surface area contributed by atoms with Crippen LogP contribution in [0.5, 0.6) is 0 Å². The Morgan fingerprint density at radius 1 is 0.960 bits per heavy atom. The summed E-state index contributed by atoms with van der Waals surface area (Å²) in [4.78, 5) is 30.1. The zero-order chi connectivity index (χ0) is 17.4. The molecular formula is C17H14N2O6. The van der Waals surface area contributed by atoms with E-state index in [1.54, 1.807) is 19.1 Å². The predicted molar refractivity (Wildman–Crippen MR) is 86.0 cm³/mol. The molecule has 0 spiro atoms. The lowest BCUT2D eigenvalue weighted by atomic mass is 10.4. The lowest BCUT2D eigenvalue weighted by molar-refractivity contribution is -0.0811. The van der Waals surface area contributed by atoms with E-state index in [2.05, 4.69) is 9.97 Å². The van der Waals surface area contributed by atoms with Gasteiger partial charge in [0.1, 0.15) is 11.4 Å². The first-order chi connectivity index (χ1) is 12.1. The third-order valence-electron chi connectivity index (χ3n) is 3.73. The van der Waals surface area contributed by atoms with Gasteiger partial charge in [-0.05, 0) is 0 Å². The van der Waals surface area contributed by atoms with Crippen LogP contribution < -0.4 is 0 Å². The molecule has 4 heterocycles. The molecule has 0 aliphatic rings. The number of nitrogens with one attached hydrogen (secondary N) is 2. The molecule has 8 heteroatoms. The Bertz CT molecular complexity index is 910. The van der Waals surface area contributed by atoms with Gasteiger partial charge < -0.3 is 28.3 Å². The Labute approximate surface area is 140 Å². The van der Waals surface area contributed by atoms with Crippen LogP contribution in [-0.4, -0.2) is 28.2 Å². The molecule has 0 amide bonds. The average molecular weight is 342 g/mol. The molecule has 0 aliphatic carbocycles. The molecule has 2 N–H and O–H groups in total. The Kier molecular flexibility index (Phi) is 3.57. The van der Waals surface area contributed by atoms with Crippen LogP contribution in [0.3, 0.4) is 0 Å². The first-order valence-electron chi connectivity index (χ1n) is 7.68. The highest BCUT2D eigenvalue weighted by Gasteiger charge is 2.22. The second-order valence-corrected chi connectivity index (χ2v) is 5.41. The Hall–Kier alpha value is -3.42. The number of hydrogen-bond acceptors (Lipinski definition) is 6. The number of esters is 2. The Morgan fingerprint density at radius 2 is 1.44 bits per heavy atom. The highest BCUT2D eigenvalue weighted by atomic mass is 16.7. The van der Waals surface area contributed by atoms with E-state index in [-0.39, 0.29) is 11.4 Å². The molecule has 0 fully saturated rings. The van der Waals surface area contributed by atoms with E-state index in [0.717, 1.165) is 0 Å². The van der Waals surface area contributed by atoms with Gasteiger partial charge in [0.05, 0.1) is 23.6 Å². The molecule has 0 aromatic carbocycles. The molecule has 0 saturated heterocycles. The summed E-state index contributed by atoms with van der Waals surface area (Å²) in [6.07, 6.45) is 2.33. The predicted octanol–water partition coefficient (Wildman–Crippen LogP) is 3.59. The van der Waals surface area contributed by atoms with Crippen LogP contribution in [-0.2, 0) is 9.47 Å². The first-order valence-corrected chi connectivity index (χ1v) is 7.68. The van der Waals surface area contributed by atoms with Crippen LogP contribution in [0.25, 0.3) is 22.2 Å². The van der Waals surface area contributed by atoms with Crippen LogP contribution in [0.2, 0.25) is 0 Å². The number of aromatic nitrogens is 2. The van der Waals surface area contributed by atoms with Gasteiger partial charge in [0.15, 0.2) is 11.2 Å². The molecular weight excluding hydrogens is 328 g/mol. The Morgan fingerprint density at radius 3 is 1.84 bits per heavy atom. The van der Waals surface area contributed by atoms with Gasteiger partial charge >= 0.3 is 11.9 Å². The maximum Gasteiger partial charge on any atom is 0.357 e. The second kappa shape index (κ2) is 5.90. The number of furan rings is 2. The van der Waals surface area contributed by atoms with E-state index >= 15 is 0 Å². The third-order valence-corrected chi connectivity index (χ3v) is 3.73. The summed E-state index contributed by atoms with van der Waals surface area (Å²) in [6, 6.07) is 6.46. The van der Waals surface area contributed by atoms with Gasteiger partial charge in [0.2, 0.25) is 6.29 Å². The second-order valence-electron chi connectivity index (χ2n) is 5.41. The summed E-state index contributed by atoms with van der Waals surface area (Å²) in [6.45, 7) is 1.74. The van der Waals surface area contributed by atoms with Crippen LogP contribution in [0, 0.1) is 0 Å². The van der Waals surface area contributed by atoms with Gasteiger partial charge in [-0.3, -0.25) is 0 Å². The van der Waals surface area contributed by atoms with E-state index in [1.165, 1.54) is 24.7 Å². The monoisotopic (exact) mass is 342 g/mol. The minimum absolute atomic E-state index is 0.223. The fourth-order valence-corrected chi connectivity index (χ4v) is 2.47. The number of hydrogen-bond donors (Lipinski definition) is 2. The van der Waals surface area contributed by atoms with Gasteiger partial charge in [-0.1, -0.05) is 6.92 Å². The molecule has 0 saturated carbocycles. The number of H-pyrrole nitrogens is 2. The maximum atomic E-state index is 12.2. The SMILES string of the molecule is CCC(OC(=O)c1cc2occc2[nH]1)OC(=O)c1cc2occc2[nH]1. The van der Waals surface area contributed by atoms with E-state index in [4.69, 9.17) is 18.3 Å². The van der Waals surface area contributed by atoms with Crippen molar-refractivity contribution in [1.29, 1.82) is 0 Å². The van der Waals surface area contributed by atoms with Crippen LogP contribution in [0.1, 0.15) is 34.3 Å². The van der Waals surface area contributed by atoms with Gasteiger partial charge in [-0.25, -0.2) is 9.59 Å². The number of ether oxygens (including phenoxy) is 2. The highest BCUT2D eigenvalue weighted by Crippen LogP contribution is 2.19. The Balaban J connectivity index is 1.44. The largest absolute Gasteiger partial charge is 0.463 e. The third kappa shape index (κ3) is 2.78. The number of carbonyl (C=O) groups is 2. The molecule has 0 bridgehead atoms. The minimum Gasteiger partial charge on any atom is -0.463 e. The van der Waals surface area contributed by atoms with Crippen LogP contribution in [0.4, 0.5) is 0 Å². The fraction of sp³-hybridized carbons (Fsp3) is 0.176. The summed E-state index contributed by atoms with van der Waals surface area (Å²) in [7, 11) is 0. The van der Waals surface area contributed by atoms with Gasteiger partial charge in [0.25, 0.3) is 0 Å². The van der Waals surface area contributed by atoms with E-state index in [9.17, 15) is 9.59 Å². The topological polar surface area (TPSA) is 110 Å². The smallest absolute Gasteiger partial charge is 0.357 e. The van der Waals surface area contributed by atoms with Gasteiger partial charge in [-0.2, -0.15) is 0 Å². The molecule has 0 radical (unpaired) electrons. The fourth-order valence-electron chi connectivity index (χ4n) is 2.47. The van der Waals surface area contributed by atoms with Crippen molar-refractivity contribution in [3.05, 3.63) is 48.2 Å². The standard InChI is InChI=1S/C17H14N2O6/c1-2-15(24-16(20)11-7-13-9(18-11)3-5-22-13)25-17(21)12-8-14-10(19-12)4-6-23-14/h3-8,15,18-19H,2H2,1H3. The molecule has 128 valence electrons. The number of aromatic amines is 2.